The number of rotatable bonds is 5. The Bertz CT molecular complexity index is 939. The molecular formula is C18H20F3IN6S. The van der Waals surface area contributed by atoms with Crippen molar-refractivity contribution >= 4 is 41.3 Å². The van der Waals surface area contributed by atoms with Crippen molar-refractivity contribution in [2.75, 3.05) is 7.05 Å². The van der Waals surface area contributed by atoms with E-state index in [-0.39, 0.29) is 36.6 Å². The number of thiazole rings is 1. The molecule has 11 heteroatoms. The number of benzene rings is 1. The van der Waals surface area contributed by atoms with Crippen molar-refractivity contribution < 1.29 is 13.2 Å². The van der Waals surface area contributed by atoms with Crippen LogP contribution in [-0.4, -0.2) is 27.8 Å². The van der Waals surface area contributed by atoms with Gasteiger partial charge in [0.15, 0.2) is 11.7 Å². The highest BCUT2D eigenvalue weighted by molar-refractivity contribution is 14.0. The number of alkyl halides is 3. The lowest BCUT2D eigenvalue weighted by Gasteiger charge is -2.18. The number of hydrogen-bond acceptors (Lipinski definition) is 4. The van der Waals surface area contributed by atoms with Gasteiger partial charge in [-0.05, 0) is 30.7 Å². The molecule has 0 aliphatic rings. The molecule has 29 heavy (non-hydrogen) atoms. The van der Waals surface area contributed by atoms with E-state index in [0.717, 1.165) is 28.0 Å². The lowest BCUT2D eigenvalue weighted by atomic mass is 10.1. The Labute approximate surface area is 187 Å². The highest BCUT2D eigenvalue weighted by atomic mass is 127. The standard InChI is InChI=1S/C18H19F3N6S.HI/c1-12(13-5-3-6-14(9-13)27-8-4-7-24-27)25-17(22-2)23-10-16-26-15(11-28-16)18(19,20)21;/h3-9,11-12H,10H2,1-2H3,(H2,22,23,25);1H. The molecule has 2 N–H and O–H groups in total. The zero-order valence-corrected chi connectivity index (χ0v) is 18.8. The first-order valence-electron chi connectivity index (χ1n) is 8.45. The summed E-state index contributed by atoms with van der Waals surface area (Å²) < 4.78 is 39.7. The van der Waals surface area contributed by atoms with Gasteiger partial charge in [0.1, 0.15) is 5.01 Å². The number of nitrogens with one attached hydrogen (secondary N) is 2. The maximum Gasteiger partial charge on any atom is 0.434 e. The van der Waals surface area contributed by atoms with Gasteiger partial charge in [-0.2, -0.15) is 18.3 Å². The molecule has 1 unspecified atom stereocenters. The van der Waals surface area contributed by atoms with E-state index in [4.69, 9.17) is 0 Å². The third-order valence-electron chi connectivity index (χ3n) is 3.97. The maximum atomic E-state index is 12.6. The molecule has 2 aromatic heterocycles. The van der Waals surface area contributed by atoms with E-state index in [1.165, 1.54) is 0 Å². The fourth-order valence-electron chi connectivity index (χ4n) is 2.52. The third-order valence-corrected chi connectivity index (χ3v) is 4.81. The van der Waals surface area contributed by atoms with Gasteiger partial charge in [-0.25, -0.2) is 9.67 Å². The number of halogens is 4. The predicted molar refractivity (Wildman–Crippen MR) is 118 cm³/mol. The molecule has 0 fully saturated rings. The zero-order chi connectivity index (χ0) is 20.1. The number of nitrogens with zero attached hydrogens (tertiary/aromatic N) is 4. The van der Waals surface area contributed by atoms with Crippen LogP contribution in [0.25, 0.3) is 5.69 Å². The Balaban J connectivity index is 0.00000300. The second-order valence-electron chi connectivity index (χ2n) is 5.96. The van der Waals surface area contributed by atoms with Gasteiger partial charge < -0.3 is 10.6 Å². The first-order chi connectivity index (χ1) is 13.4. The summed E-state index contributed by atoms with van der Waals surface area (Å²) >= 11 is 0.958. The molecule has 2 heterocycles. The largest absolute Gasteiger partial charge is 0.434 e. The Morgan fingerprint density at radius 3 is 2.72 bits per heavy atom. The lowest BCUT2D eigenvalue weighted by Crippen LogP contribution is -2.38. The Hall–Kier alpha value is -2.15. The quantitative estimate of drug-likeness (QED) is 0.289. The molecular weight excluding hydrogens is 516 g/mol. The van der Waals surface area contributed by atoms with Crippen molar-refractivity contribution in [1.82, 2.24) is 25.4 Å². The van der Waals surface area contributed by atoms with Crippen LogP contribution in [0.3, 0.4) is 0 Å². The molecule has 0 aliphatic carbocycles. The van der Waals surface area contributed by atoms with Crippen LogP contribution in [0.15, 0.2) is 53.1 Å². The van der Waals surface area contributed by atoms with Crippen molar-refractivity contribution in [1.29, 1.82) is 0 Å². The molecule has 156 valence electrons. The fourth-order valence-corrected chi connectivity index (χ4v) is 3.26. The van der Waals surface area contributed by atoms with Gasteiger partial charge in [-0.1, -0.05) is 12.1 Å². The first-order valence-corrected chi connectivity index (χ1v) is 9.33. The molecule has 0 radical (unpaired) electrons. The summed E-state index contributed by atoms with van der Waals surface area (Å²) in [5, 5.41) is 11.8. The fraction of sp³-hybridized carbons (Fsp3) is 0.278. The number of aliphatic imine (C=N–C) groups is 1. The predicted octanol–water partition coefficient (Wildman–Crippen LogP) is 4.39. The van der Waals surface area contributed by atoms with Gasteiger partial charge in [-0.3, -0.25) is 4.99 Å². The maximum absolute atomic E-state index is 12.6. The highest BCUT2D eigenvalue weighted by Gasteiger charge is 2.33. The van der Waals surface area contributed by atoms with Crippen LogP contribution in [0.1, 0.15) is 29.2 Å². The smallest absolute Gasteiger partial charge is 0.350 e. The molecule has 1 atom stereocenters. The summed E-state index contributed by atoms with van der Waals surface area (Å²) in [6, 6.07) is 9.65. The van der Waals surface area contributed by atoms with E-state index in [1.807, 2.05) is 43.5 Å². The van der Waals surface area contributed by atoms with Crippen molar-refractivity contribution in [3.05, 3.63) is 64.4 Å². The molecule has 0 aliphatic heterocycles. The molecule has 0 bridgehead atoms. The van der Waals surface area contributed by atoms with E-state index < -0.39 is 11.9 Å². The van der Waals surface area contributed by atoms with Crippen LogP contribution in [0.5, 0.6) is 0 Å². The van der Waals surface area contributed by atoms with E-state index in [1.54, 1.807) is 17.9 Å². The Kier molecular flexibility index (Phi) is 8.02. The molecule has 0 amide bonds. The minimum absolute atomic E-state index is 0. The summed E-state index contributed by atoms with van der Waals surface area (Å²) in [7, 11) is 1.60. The molecule has 6 nitrogen and oxygen atoms in total. The molecule has 0 spiro atoms. The van der Waals surface area contributed by atoms with Crippen LogP contribution < -0.4 is 10.6 Å². The number of hydrogen-bond donors (Lipinski definition) is 2. The van der Waals surface area contributed by atoms with Gasteiger partial charge in [0, 0.05) is 24.8 Å². The molecule has 3 rings (SSSR count). The van der Waals surface area contributed by atoms with E-state index >= 15 is 0 Å². The van der Waals surface area contributed by atoms with Crippen LogP contribution in [-0.2, 0) is 12.7 Å². The van der Waals surface area contributed by atoms with Gasteiger partial charge in [0.2, 0.25) is 0 Å². The number of aromatic nitrogens is 3. The number of guanidine groups is 1. The van der Waals surface area contributed by atoms with Crippen molar-refractivity contribution in [2.45, 2.75) is 25.7 Å². The SMILES string of the molecule is CN=C(NCc1nc(C(F)(F)F)cs1)NC(C)c1cccc(-n2cccn2)c1.I. The van der Waals surface area contributed by atoms with Crippen molar-refractivity contribution in [3.8, 4) is 5.69 Å². The average molecular weight is 536 g/mol. The first kappa shape index (κ1) is 23.1. The zero-order valence-electron chi connectivity index (χ0n) is 15.6. The van der Waals surface area contributed by atoms with Crippen LogP contribution in [0, 0.1) is 0 Å². The minimum atomic E-state index is -4.43. The summed E-state index contributed by atoms with van der Waals surface area (Å²) in [4.78, 5) is 7.73. The monoisotopic (exact) mass is 536 g/mol. The topological polar surface area (TPSA) is 67.1 Å². The van der Waals surface area contributed by atoms with Crippen LogP contribution in [0.4, 0.5) is 13.2 Å². The van der Waals surface area contributed by atoms with E-state index in [0.29, 0.717) is 11.0 Å². The normalized spacial score (nSPS) is 12.9. The summed E-state index contributed by atoms with van der Waals surface area (Å²) in [5.74, 6) is 0.473. The molecule has 3 aromatic rings. The summed E-state index contributed by atoms with van der Waals surface area (Å²) in [5.41, 5.74) is 1.08. The third kappa shape index (κ3) is 6.16. The van der Waals surface area contributed by atoms with Crippen molar-refractivity contribution in [3.63, 3.8) is 0 Å². The van der Waals surface area contributed by atoms with E-state index in [2.05, 4.69) is 25.7 Å². The molecule has 0 saturated carbocycles. The average Bonchev–Trinajstić information content (AvgIpc) is 3.36. The Morgan fingerprint density at radius 1 is 1.31 bits per heavy atom. The Morgan fingerprint density at radius 2 is 2.10 bits per heavy atom. The minimum Gasteiger partial charge on any atom is -0.350 e. The van der Waals surface area contributed by atoms with E-state index in [9.17, 15) is 13.2 Å². The van der Waals surface area contributed by atoms with Gasteiger partial charge in [0.05, 0.1) is 18.3 Å². The van der Waals surface area contributed by atoms with Crippen molar-refractivity contribution in [2.24, 2.45) is 4.99 Å². The van der Waals surface area contributed by atoms with Gasteiger partial charge in [0.25, 0.3) is 0 Å². The van der Waals surface area contributed by atoms with Gasteiger partial charge >= 0.3 is 6.18 Å². The van der Waals surface area contributed by atoms with Crippen LogP contribution in [0.2, 0.25) is 0 Å². The lowest BCUT2D eigenvalue weighted by molar-refractivity contribution is -0.140. The second kappa shape index (κ2) is 10.1. The summed E-state index contributed by atoms with van der Waals surface area (Å²) in [6.07, 6.45) is -0.855. The highest BCUT2D eigenvalue weighted by Crippen LogP contribution is 2.29. The van der Waals surface area contributed by atoms with Crippen LogP contribution >= 0.6 is 35.3 Å². The molecule has 0 saturated heterocycles. The van der Waals surface area contributed by atoms with Gasteiger partial charge in [-0.15, -0.1) is 35.3 Å². The molecule has 1 aromatic carbocycles. The summed E-state index contributed by atoms with van der Waals surface area (Å²) in [6.45, 7) is 2.13. The second-order valence-corrected chi connectivity index (χ2v) is 6.90.